The average Bonchev–Trinajstić information content (AvgIpc) is 2.83. The molecule has 0 saturated carbocycles. The van der Waals surface area contributed by atoms with Crippen molar-refractivity contribution < 1.29 is 4.79 Å². The summed E-state index contributed by atoms with van der Waals surface area (Å²) in [6.07, 6.45) is 3.20. The number of alkyl halides is 1. The van der Waals surface area contributed by atoms with Crippen LogP contribution in [0, 0.1) is 0 Å². The number of hydrogen-bond acceptors (Lipinski definition) is 3. The van der Waals surface area contributed by atoms with Crippen LogP contribution in [0.4, 0.5) is 5.69 Å². The average molecular weight is 251 g/mol. The second kappa shape index (κ2) is 4.97. The van der Waals surface area contributed by atoms with E-state index in [1.54, 1.807) is 31.5 Å². The number of carbonyl (C=O) groups is 1. The molecule has 0 aliphatic rings. The lowest BCUT2D eigenvalue weighted by atomic mass is 10.3. The van der Waals surface area contributed by atoms with Gasteiger partial charge in [0.05, 0.1) is 18.1 Å². The first kappa shape index (κ1) is 11.6. The van der Waals surface area contributed by atoms with Gasteiger partial charge in [-0.25, -0.2) is 0 Å². The van der Waals surface area contributed by atoms with Crippen LogP contribution in [0.15, 0.2) is 36.7 Å². The van der Waals surface area contributed by atoms with E-state index < -0.39 is 5.38 Å². The second-order valence-electron chi connectivity index (χ2n) is 3.47. The summed E-state index contributed by atoms with van der Waals surface area (Å²) in [5.74, 6) is -0.225. The number of hydrogen-bond donors (Lipinski definition) is 1. The van der Waals surface area contributed by atoms with E-state index in [0.29, 0.717) is 5.69 Å². The quantitative estimate of drug-likeness (QED) is 0.846. The molecule has 1 aromatic carbocycles. The number of halogens is 1. The highest BCUT2D eigenvalue weighted by molar-refractivity contribution is 6.32. The largest absolute Gasteiger partial charge is 0.325 e. The molecule has 2 rings (SSSR count). The molecule has 1 atom stereocenters. The van der Waals surface area contributed by atoms with Crippen LogP contribution in [0.25, 0.3) is 5.69 Å². The molecule has 0 saturated heterocycles. The Morgan fingerprint density at radius 3 is 2.41 bits per heavy atom. The summed E-state index contributed by atoms with van der Waals surface area (Å²) < 4.78 is 0. The van der Waals surface area contributed by atoms with Gasteiger partial charge < -0.3 is 5.32 Å². The van der Waals surface area contributed by atoms with Crippen LogP contribution in [0.3, 0.4) is 0 Å². The van der Waals surface area contributed by atoms with Crippen LogP contribution in [-0.2, 0) is 4.79 Å². The van der Waals surface area contributed by atoms with E-state index in [1.165, 1.54) is 4.80 Å². The maximum Gasteiger partial charge on any atom is 0.242 e. The Balaban J connectivity index is 2.11. The zero-order valence-corrected chi connectivity index (χ0v) is 9.93. The molecule has 0 fully saturated rings. The highest BCUT2D eigenvalue weighted by atomic mass is 35.5. The number of nitrogens with zero attached hydrogens (tertiary/aromatic N) is 3. The molecular weight excluding hydrogens is 240 g/mol. The molecule has 2 aromatic rings. The fourth-order valence-corrected chi connectivity index (χ4v) is 1.32. The number of nitrogens with one attached hydrogen (secondary N) is 1. The third kappa shape index (κ3) is 2.82. The van der Waals surface area contributed by atoms with E-state index >= 15 is 0 Å². The second-order valence-corrected chi connectivity index (χ2v) is 4.13. The summed E-state index contributed by atoms with van der Waals surface area (Å²) in [5, 5.41) is 10.1. The maximum absolute atomic E-state index is 11.4. The van der Waals surface area contributed by atoms with Gasteiger partial charge in [-0.1, -0.05) is 0 Å². The number of benzene rings is 1. The Hall–Kier alpha value is -1.88. The maximum atomic E-state index is 11.4. The van der Waals surface area contributed by atoms with E-state index in [1.807, 2.05) is 12.1 Å². The van der Waals surface area contributed by atoms with Crippen LogP contribution in [-0.4, -0.2) is 26.3 Å². The monoisotopic (exact) mass is 250 g/mol. The van der Waals surface area contributed by atoms with Gasteiger partial charge in [0.1, 0.15) is 5.38 Å². The normalized spacial score (nSPS) is 12.1. The lowest BCUT2D eigenvalue weighted by Crippen LogP contribution is -2.20. The van der Waals surface area contributed by atoms with Gasteiger partial charge in [-0.3, -0.25) is 4.79 Å². The molecule has 1 unspecified atom stereocenters. The van der Waals surface area contributed by atoms with Crippen molar-refractivity contribution in [3.05, 3.63) is 36.7 Å². The number of rotatable bonds is 3. The molecule has 1 amide bonds. The van der Waals surface area contributed by atoms with Crippen molar-refractivity contribution in [2.45, 2.75) is 12.3 Å². The van der Waals surface area contributed by atoms with Gasteiger partial charge in [0.15, 0.2) is 0 Å². The van der Waals surface area contributed by atoms with Crippen LogP contribution in [0.1, 0.15) is 6.92 Å². The fraction of sp³-hybridized carbons (Fsp3) is 0.182. The molecule has 6 heteroatoms. The van der Waals surface area contributed by atoms with Crippen LogP contribution < -0.4 is 5.32 Å². The third-order valence-corrected chi connectivity index (χ3v) is 2.34. The minimum atomic E-state index is -0.553. The van der Waals surface area contributed by atoms with E-state index in [9.17, 15) is 4.79 Å². The summed E-state index contributed by atoms with van der Waals surface area (Å²) in [7, 11) is 0. The van der Waals surface area contributed by atoms with Crippen molar-refractivity contribution in [1.29, 1.82) is 0 Å². The lowest BCUT2D eigenvalue weighted by Gasteiger charge is -2.07. The lowest BCUT2D eigenvalue weighted by molar-refractivity contribution is -0.115. The Labute approximate surface area is 103 Å². The van der Waals surface area contributed by atoms with Crippen LogP contribution >= 0.6 is 11.6 Å². The molecule has 1 heterocycles. The SMILES string of the molecule is CC(Cl)C(=O)Nc1ccc(-n2nccn2)cc1. The van der Waals surface area contributed by atoms with Gasteiger partial charge in [0.2, 0.25) is 5.91 Å². The molecule has 5 nitrogen and oxygen atoms in total. The molecule has 0 radical (unpaired) electrons. The summed E-state index contributed by atoms with van der Waals surface area (Å²) in [6, 6.07) is 7.18. The smallest absolute Gasteiger partial charge is 0.242 e. The van der Waals surface area contributed by atoms with Crippen molar-refractivity contribution in [3.63, 3.8) is 0 Å². The fourth-order valence-electron chi connectivity index (χ4n) is 1.27. The molecule has 1 aromatic heterocycles. The van der Waals surface area contributed by atoms with Crippen molar-refractivity contribution in [2.75, 3.05) is 5.32 Å². The van der Waals surface area contributed by atoms with E-state index in [4.69, 9.17) is 11.6 Å². The highest BCUT2D eigenvalue weighted by Crippen LogP contribution is 2.12. The Morgan fingerprint density at radius 1 is 1.29 bits per heavy atom. The Bertz CT molecular complexity index is 493. The minimum Gasteiger partial charge on any atom is -0.325 e. The van der Waals surface area contributed by atoms with Crippen molar-refractivity contribution in [2.24, 2.45) is 0 Å². The minimum absolute atomic E-state index is 0.225. The van der Waals surface area contributed by atoms with Crippen molar-refractivity contribution in [3.8, 4) is 5.69 Å². The van der Waals surface area contributed by atoms with Gasteiger partial charge in [0.25, 0.3) is 0 Å². The molecule has 0 spiro atoms. The molecular formula is C11H11ClN4O. The highest BCUT2D eigenvalue weighted by Gasteiger charge is 2.08. The van der Waals surface area contributed by atoms with E-state index in [2.05, 4.69) is 15.5 Å². The van der Waals surface area contributed by atoms with Crippen LogP contribution in [0.5, 0.6) is 0 Å². The summed E-state index contributed by atoms with van der Waals surface area (Å²) >= 11 is 5.65. The van der Waals surface area contributed by atoms with Crippen molar-refractivity contribution in [1.82, 2.24) is 15.0 Å². The molecule has 0 bridgehead atoms. The van der Waals surface area contributed by atoms with Gasteiger partial charge >= 0.3 is 0 Å². The first-order chi connectivity index (χ1) is 8.16. The van der Waals surface area contributed by atoms with Gasteiger partial charge in [-0.2, -0.15) is 15.0 Å². The Kier molecular flexibility index (Phi) is 3.39. The molecule has 0 aliphatic carbocycles. The molecule has 0 aliphatic heterocycles. The van der Waals surface area contributed by atoms with E-state index in [0.717, 1.165) is 5.69 Å². The number of carbonyl (C=O) groups excluding carboxylic acids is 1. The first-order valence-corrected chi connectivity index (χ1v) is 5.52. The predicted molar refractivity (Wildman–Crippen MR) is 65.3 cm³/mol. The number of aromatic nitrogens is 3. The van der Waals surface area contributed by atoms with Crippen molar-refractivity contribution >= 4 is 23.2 Å². The number of anilines is 1. The molecule has 17 heavy (non-hydrogen) atoms. The van der Waals surface area contributed by atoms with Gasteiger partial charge in [-0.05, 0) is 31.2 Å². The molecule has 88 valence electrons. The zero-order chi connectivity index (χ0) is 12.3. The Morgan fingerprint density at radius 2 is 1.88 bits per heavy atom. The van der Waals surface area contributed by atoms with Gasteiger partial charge in [0, 0.05) is 5.69 Å². The topological polar surface area (TPSA) is 59.8 Å². The first-order valence-electron chi connectivity index (χ1n) is 5.08. The standard InChI is InChI=1S/C11H11ClN4O/c1-8(12)11(17)15-9-2-4-10(5-3-9)16-13-6-7-14-16/h2-8H,1H3,(H,15,17). The van der Waals surface area contributed by atoms with Gasteiger partial charge in [-0.15, -0.1) is 11.6 Å². The van der Waals surface area contributed by atoms with E-state index in [-0.39, 0.29) is 5.91 Å². The summed E-state index contributed by atoms with van der Waals surface area (Å²) in [6.45, 7) is 1.62. The van der Waals surface area contributed by atoms with Crippen LogP contribution in [0.2, 0.25) is 0 Å². The summed E-state index contributed by atoms with van der Waals surface area (Å²) in [5.41, 5.74) is 1.52. The molecule has 1 N–H and O–H groups in total. The summed E-state index contributed by atoms with van der Waals surface area (Å²) in [4.78, 5) is 12.8. The number of amides is 1. The third-order valence-electron chi connectivity index (χ3n) is 2.15. The predicted octanol–water partition coefficient (Wildman–Crippen LogP) is 1.83. The zero-order valence-electron chi connectivity index (χ0n) is 9.17.